The molecule has 1 saturated carbocycles. The van der Waals surface area contributed by atoms with Crippen molar-refractivity contribution in [2.45, 2.75) is 38.3 Å². The Kier molecular flexibility index (Phi) is 2.79. The number of hydrogen-bond donors (Lipinski definition) is 1. The first-order chi connectivity index (χ1) is 6.70. The van der Waals surface area contributed by atoms with Gasteiger partial charge in [0.05, 0.1) is 5.00 Å². The van der Waals surface area contributed by atoms with E-state index in [4.69, 9.17) is 5.73 Å². The molecule has 0 radical (unpaired) electrons. The second kappa shape index (κ2) is 3.91. The van der Waals surface area contributed by atoms with Crippen LogP contribution in [0.1, 0.15) is 24.8 Å². The summed E-state index contributed by atoms with van der Waals surface area (Å²) < 4.78 is 0. The first-order valence-electron chi connectivity index (χ1n) is 5.22. The molecule has 78 valence electrons. The van der Waals surface area contributed by atoms with Gasteiger partial charge in [-0.15, -0.1) is 11.3 Å². The average Bonchev–Trinajstić information content (AvgIpc) is 2.73. The Morgan fingerprint density at radius 1 is 1.50 bits per heavy atom. The van der Waals surface area contributed by atoms with Gasteiger partial charge >= 0.3 is 0 Å². The molecule has 0 aromatic carbocycles. The Balaban J connectivity index is 2.15. The normalized spacial score (nSPS) is 26.8. The smallest absolute Gasteiger partial charge is 0.0938 e. The standard InChI is InChI=1S/C11H18N2S/c1-8-6-7-14-11(8)13(2)10-5-3-4-9(10)12/h6-7,9-10H,3-5,12H2,1-2H3. The van der Waals surface area contributed by atoms with Crippen LogP contribution < -0.4 is 10.6 Å². The van der Waals surface area contributed by atoms with Crippen LogP contribution in [0.2, 0.25) is 0 Å². The Hall–Kier alpha value is -0.540. The quantitative estimate of drug-likeness (QED) is 0.812. The van der Waals surface area contributed by atoms with E-state index in [1.54, 1.807) is 0 Å². The fourth-order valence-electron chi connectivity index (χ4n) is 2.33. The van der Waals surface area contributed by atoms with E-state index in [0.29, 0.717) is 12.1 Å². The second-order valence-corrected chi connectivity index (χ2v) is 5.08. The highest BCUT2D eigenvalue weighted by molar-refractivity contribution is 7.14. The zero-order valence-electron chi connectivity index (χ0n) is 8.86. The monoisotopic (exact) mass is 210 g/mol. The van der Waals surface area contributed by atoms with Gasteiger partial charge in [0.15, 0.2) is 0 Å². The van der Waals surface area contributed by atoms with Gasteiger partial charge in [0.1, 0.15) is 0 Å². The van der Waals surface area contributed by atoms with Crippen LogP contribution in [0.4, 0.5) is 5.00 Å². The van der Waals surface area contributed by atoms with Crippen molar-refractivity contribution in [1.29, 1.82) is 0 Å². The Morgan fingerprint density at radius 2 is 2.29 bits per heavy atom. The molecular formula is C11H18N2S. The van der Waals surface area contributed by atoms with E-state index in [2.05, 4.69) is 30.3 Å². The van der Waals surface area contributed by atoms with E-state index in [-0.39, 0.29) is 0 Å². The van der Waals surface area contributed by atoms with Crippen LogP contribution in [0.15, 0.2) is 11.4 Å². The lowest BCUT2D eigenvalue weighted by atomic mass is 10.1. The van der Waals surface area contributed by atoms with Crippen LogP contribution >= 0.6 is 11.3 Å². The molecule has 1 aromatic heterocycles. The fraction of sp³-hybridized carbons (Fsp3) is 0.636. The molecule has 3 heteroatoms. The van der Waals surface area contributed by atoms with E-state index in [1.807, 2.05) is 11.3 Å². The molecule has 2 atom stereocenters. The first-order valence-corrected chi connectivity index (χ1v) is 6.10. The minimum absolute atomic E-state index is 0.362. The highest BCUT2D eigenvalue weighted by Crippen LogP contribution is 2.32. The predicted octanol–water partition coefficient (Wildman–Crippen LogP) is 2.37. The summed E-state index contributed by atoms with van der Waals surface area (Å²) in [6.45, 7) is 2.17. The lowest BCUT2D eigenvalue weighted by Gasteiger charge is -2.29. The maximum Gasteiger partial charge on any atom is 0.0938 e. The third-order valence-corrected chi connectivity index (χ3v) is 4.29. The van der Waals surface area contributed by atoms with Gasteiger partial charge in [-0.1, -0.05) is 0 Å². The van der Waals surface area contributed by atoms with Gasteiger partial charge in [-0.05, 0) is 43.2 Å². The largest absolute Gasteiger partial charge is 0.362 e. The number of rotatable bonds is 2. The molecule has 0 bridgehead atoms. The Morgan fingerprint density at radius 3 is 2.79 bits per heavy atom. The molecule has 2 unspecified atom stereocenters. The Bertz CT molecular complexity index is 308. The van der Waals surface area contributed by atoms with E-state index < -0.39 is 0 Å². The first kappa shape index (κ1) is 9.99. The SMILES string of the molecule is Cc1ccsc1N(C)C1CCCC1N. The third kappa shape index (κ3) is 1.66. The topological polar surface area (TPSA) is 29.3 Å². The molecule has 0 saturated heterocycles. The maximum absolute atomic E-state index is 6.10. The number of likely N-dealkylation sites (N-methyl/N-ethyl adjacent to an activating group) is 1. The molecule has 1 fully saturated rings. The number of thiophene rings is 1. The van der Waals surface area contributed by atoms with Gasteiger partial charge in [0.25, 0.3) is 0 Å². The summed E-state index contributed by atoms with van der Waals surface area (Å²) in [5.74, 6) is 0. The van der Waals surface area contributed by atoms with Crippen LogP contribution in [-0.4, -0.2) is 19.1 Å². The van der Waals surface area contributed by atoms with Gasteiger partial charge in [-0.3, -0.25) is 0 Å². The van der Waals surface area contributed by atoms with Crippen LogP contribution in [-0.2, 0) is 0 Å². The molecule has 2 N–H and O–H groups in total. The summed E-state index contributed by atoms with van der Waals surface area (Å²) in [6, 6.07) is 3.09. The number of aryl methyl sites for hydroxylation is 1. The zero-order chi connectivity index (χ0) is 10.1. The minimum Gasteiger partial charge on any atom is -0.362 e. The molecule has 0 spiro atoms. The van der Waals surface area contributed by atoms with Gasteiger partial charge < -0.3 is 10.6 Å². The highest BCUT2D eigenvalue weighted by atomic mass is 32.1. The minimum atomic E-state index is 0.362. The van der Waals surface area contributed by atoms with Crippen LogP contribution in [0.3, 0.4) is 0 Å². The summed E-state index contributed by atoms with van der Waals surface area (Å²) in [5, 5.41) is 3.54. The van der Waals surface area contributed by atoms with Crippen molar-refractivity contribution in [3.63, 3.8) is 0 Å². The third-order valence-electron chi connectivity index (χ3n) is 3.18. The van der Waals surface area contributed by atoms with E-state index in [1.165, 1.54) is 29.8 Å². The van der Waals surface area contributed by atoms with Gasteiger partial charge in [0.2, 0.25) is 0 Å². The van der Waals surface area contributed by atoms with Crippen molar-refractivity contribution in [3.8, 4) is 0 Å². The molecular weight excluding hydrogens is 192 g/mol. The van der Waals surface area contributed by atoms with Crippen molar-refractivity contribution < 1.29 is 0 Å². The molecule has 1 aromatic rings. The molecule has 0 aliphatic heterocycles. The van der Waals surface area contributed by atoms with E-state index in [9.17, 15) is 0 Å². The second-order valence-electron chi connectivity index (χ2n) is 4.18. The lowest BCUT2D eigenvalue weighted by Crippen LogP contribution is -2.42. The summed E-state index contributed by atoms with van der Waals surface area (Å²) in [6.07, 6.45) is 3.70. The molecule has 0 amide bonds. The molecule has 2 rings (SSSR count). The average molecular weight is 210 g/mol. The summed E-state index contributed by atoms with van der Waals surface area (Å²) in [7, 11) is 2.18. The van der Waals surface area contributed by atoms with Crippen molar-refractivity contribution in [1.82, 2.24) is 0 Å². The van der Waals surface area contributed by atoms with Crippen molar-refractivity contribution >= 4 is 16.3 Å². The van der Waals surface area contributed by atoms with Crippen LogP contribution in [0, 0.1) is 6.92 Å². The van der Waals surface area contributed by atoms with Gasteiger partial charge in [-0.2, -0.15) is 0 Å². The summed E-state index contributed by atoms with van der Waals surface area (Å²) >= 11 is 1.82. The maximum atomic E-state index is 6.10. The van der Waals surface area contributed by atoms with Crippen LogP contribution in [0.25, 0.3) is 0 Å². The molecule has 1 aliphatic rings. The highest BCUT2D eigenvalue weighted by Gasteiger charge is 2.28. The van der Waals surface area contributed by atoms with E-state index >= 15 is 0 Å². The lowest BCUT2D eigenvalue weighted by molar-refractivity contribution is 0.574. The van der Waals surface area contributed by atoms with Crippen LogP contribution in [0.5, 0.6) is 0 Å². The molecule has 1 heterocycles. The molecule has 14 heavy (non-hydrogen) atoms. The van der Waals surface area contributed by atoms with Gasteiger partial charge in [0, 0.05) is 19.1 Å². The summed E-state index contributed by atoms with van der Waals surface area (Å²) in [5.41, 5.74) is 7.47. The molecule has 1 aliphatic carbocycles. The number of nitrogens with zero attached hydrogens (tertiary/aromatic N) is 1. The number of anilines is 1. The predicted molar refractivity (Wildman–Crippen MR) is 63.1 cm³/mol. The van der Waals surface area contributed by atoms with Gasteiger partial charge in [-0.25, -0.2) is 0 Å². The van der Waals surface area contributed by atoms with Crippen molar-refractivity contribution in [2.75, 3.05) is 11.9 Å². The van der Waals surface area contributed by atoms with Crippen molar-refractivity contribution in [3.05, 3.63) is 17.0 Å². The molecule has 2 nitrogen and oxygen atoms in total. The number of hydrogen-bond acceptors (Lipinski definition) is 3. The van der Waals surface area contributed by atoms with Crippen molar-refractivity contribution in [2.24, 2.45) is 5.73 Å². The zero-order valence-corrected chi connectivity index (χ0v) is 9.68. The fourth-order valence-corrected chi connectivity index (χ4v) is 3.28. The number of nitrogens with two attached hydrogens (primary N) is 1. The Labute approximate surface area is 89.7 Å². The van der Waals surface area contributed by atoms with E-state index in [0.717, 1.165) is 0 Å². The summed E-state index contributed by atoms with van der Waals surface area (Å²) in [4.78, 5) is 2.37.